The Morgan fingerprint density at radius 3 is 2.65 bits per heavy atom. The van der Waals surface area contributed by atoms with Gasteiger partial charge in [0.05, 0.1) is 5.56 Å². The van der Waals surface area contributed by atoms with Gasteiger partial charge in [-0.2, -0.15) is 29.8 Å². The fourth-order valence-corrected chi connectivity index (χ4v) is 2.45. The molecule has 2 rings (SSSR count). The first kappa shape index (κ1) is 14.3. The van der Waals surface area contributed by atoms with Crippen molar-refractivity contribution in [3.8, 4) is 6.07 Å². The summed E-state index contributed by atoms with van der Waals surface area (Å²) in [5.74, 6) is -0.0482. The molecule has 0 unspecified atom stereocenters. The summed E-state index contributed by atoms with van der Waals surface area (Å²) < 4.78 is 37.8. The lowest BCUT2D eigenvalue weighted by Crippen LogP contribution is -2.11. The Bertz CT molecular complexity index is 656. The zero-order valence-corrected chi connectivity index (χ0v) is 11.3. The second-order valence-electron chi connectivity index (χ2n) is 4.14. The molecule has 0 saturated heterocycles. The smallest absolute Gasteiger partial charge is 0.365 e. The van der Waals surface area contributed by atoms with Gasteiger partial charge in [-0.25, -0.2) is 4.98 Å². The van der Waals surface area contributed by atoms with Crippen molar-refractivity contribution in [2.24, 2.45) is 0 Å². The quantitative estimate of drug-likeness (QED) is 0.933. The van der Waals surface area contributed by atoms with E-state index in [1.54, 1.807) is 0 Å². The molecule has 104 valence electrons. The van der Waals surface area contributed by atoms with E-state index >= 15 is 0 Å². The predicted molar refractivity (Wildman–Crippen MR) is 70.3 cm³/mol. The van der Waals surface area contributed by atoms with E-state index in [2.05, 4.69) is 10.3 Å². The van der Waals surface area contributed by atoms with E-state index in [9.17, 15) is 13.2 Å². The SMILES string of the molecule is Cc1cscc1CNc1nc(C(F)(F)F)ccc1C#N. The fourth-order valence-electron chi connectivity index (χ4n) is 1.59. The summed E-state index contributed by atoms with van der Waals surface area (Å²) in [5.41, 5.74) is 1.10. The maximum absolute atomic E-state index is 12.6. The van der Waals surface area contributed by atoms with E-state index in [1.807, 2.05) is 23.8 Å². The number of nitriles is 1. The summed E-state index contributed by atoms with van der Waals surface area (Å²) in [5, 5.41) is 15.6. The molecule has 0 aliphatic carbocycles. The third kappa shape index (κ3) is 3.08. The zero-order valence-electron chi connectivity index (χ0n) is 10.5. The van der Waals surface area contributed by atoms with Crippen LogP contribution in [0.2, 0.25) is 0 Å². The Morgan fingerprint density at radius 1 is 1.35 bits per heavy atom. The summed E-state index contributed by atoms with van der Waals surface area (Å²) in [6, 6.07) is 3.76. The van der Waals surface area contributed by atoms with Crippen LogP contribution in [0.4, 0.5) is 19.0 Å². The number of nitrogens with zero attached hydrogens (tertiary/aromatic N) is 2. The van der Waals surface area contributed by atoms with E-state index in [1.165, 1.54) is 11.3 Å². The highest BCUT2D eigenvalue weighted by Gasteiger charge is 2.33. The largest absolute Gasteiger partial charge is 0.433 e. The van der Waals surface area contributed by atoms with Gasteiger partial charge in [-0.1, -0.05) is 0 Å². The van der Waals surface area contributed by atoms with E-state index in [-0.39, 0.29) is 11.4 Å². The summed E-state index contributed by atoms with van der Waals surface area (Å²) in [7, 11) is 0. The molecule has 3 nitrogen and oxygen atoms in total. The van der Waals surface area contributed by atoms with Gasteiger partial charge in [-0.15, -0.1) is 0 Å². The maximum atomic E-state index is 12.6. The van der Waals surface area contributed by atoms with Gasteiger partial charge in [0.25, 0.3) is 0 Å². The number of nitrogens with one attached hydrogen (secondary N) is 1. The van der Waals surface area contributed by atoms with Crippen molar-refractivity contribution in [2.75, 3.05) is 5.32 Å². The number of hydrogen-bond acceptors (Lipinski definition) is 4. The van der Waals surface area contributed by atoms with Crippen LogP contribution in [0.3, 0.4) is 0 Å². The number of pyridine rings is 1. The van der Waals surface area contributed by atoms with Crippen molar-refractivity contribution in [1.82, 2.24) is 4.98 Å². The van der Waals surface area contributed by atoms with Crippen molar-refractivity contribution in [1.29, 1.82) is 5.26 Å². The highest BCUT2D eigenvalue weighted by atomic mass is 32.1. The van der Waals surface area contributed by atoms with E-state index < -0.39 is 11.9 Å². The standard InChI is InChI=1S/C13H10F3N3S/c1-8-6-20-7-10(8)5-18-12-9(4-17)2-3-11(19-12)13(14,15)16/h2-3,6-7H,5H2,1H3,(H,18,19). The summed E-state index contributed by atoms with van der Waals surface area (Å²) in [6.07, 6.45) is -4.53. The van der Waals surface area contributed by atoms with Crippen LogP contribution >= 0.6 is 11.3 Å². The fraction of sp³-hybridized carbons (Fsp3) is 0.231. The lowest BCUT2D eigenvalue weighted by atomic mass is 10.2. The molecule has 0 aromatic carbocycles. The molecular weight excluding hydrogens is 287 g/mol. The predicted octanol–water partition coefficient (Wildman–Crippen LogP) is 3.95. The van der Waals surface area contributed by atoms with Gasteiger partial charge < -0.3 is 5.32 Å². The van der Waals surface area contributed by atoms with Crippen LogP contribution in [-0.4, -0.2) is 4.98 Å². The molecule has 0 bridgehead atoms. The molecule has 0 radical (unpaired) electrons. The van der Waals surface area contributed by atoms with Crippen molar-refractivity contribution in [3.63, 3.8) is 0 Å². The molecule has 0 atom stereocenters. The summed E-state index contributed by atoms with van der Waals surface area (Å²) in [4.78, 5) is 3.49. The molecule has 0 saturated carbocycles. The number of aryl methyl sites for hydroxylation is 1. The first-order valence-electron chi connectivity index (χ1n) is 5.65. The number of alkyl halides is 3. The number of thiophene rings is 1. The van der Waals surface area contributed by atoms with Crippen molar-refractivity contribution >= 4 is 17.2 Å². The molecule has 0 aliphatic heterocycles. The Hall–Kier alpha value is -2.07. The minimum absolute atomic E-state index is 0.0482. The molecule has 0 amide bonds. The first-order valence-corrected chi connectivity index (χ1v) is 6.60. The summed E-state index contributed by atoms with van der Waals surface area (Å²) >= 11 is 1.51. The minimum Gasteiger partial charge on any atom is -0.365 e. The molecule has 2 aromatic rings. The van der Waals surface area contributed by atoms with Gasteiger partial charge >= 0.3 is 6.18 Å². The highest BCUT2D eigenvalue weighted by Crippen LogP contribution is 2.29. The lowest BCUT2D eigenvalue weighted by molar-refractivity contribution is -0.141. The Kier molecular flexibility index (Phi) is 3.95. The third-order valence-electron chi connectivity index (χ3n) is 2.71. The van der Waals surface area contributed by atoms with Crippen molar-refractivity contribution in [2.45, 2.75) is 19.6 Å². The number of halogens is 3. The van der Waals surface area contributed by atoms with Gasteiger partial charge in [0.1, 0.15) is 17.6 Å². The molecule has 0 spiro atoms. The van der Waals surface area contributed by atoms with Crippen LogP contribution in [0.1, 0.15) is 22.4 Å². The van der Waals surface area contributed by atoms with Crippen molar-refractivity contribution in [3.05, 3.63) is 45.3 Å². The Balaban J connectivity index is 2.26. The lowest BCUT2D eigenvalue weighted by Gasteiger charge is -2.11. The molecule has 0 aliphatic rings. The van der Waals surface area contributed by atoms with Gasteiger partial charge in [-0.3, -0.25) is 0 Å². The molecular formula is C13H10F3N3S. The topological polar surface area (TPSA) is 48.7 Å². The number of anilines is 1. The van der Waals surface area contributed by atoms with Crippen LogP contribution in [0.15, 0.2) is 22.9 Å². The van der Waals surface area contributed by atoms with Crippen LogP contribution in [-0.2, 0) is 12.7 Å². The van der Waals surface area contributed by atoms with E-state index in [0.717, 1.165) is 23.3 Å². The van der Waals surface area contributed by atoms with Crippen LogP contribution in [0, 0.1) is 18.3 Å². The molecule has 20 heavy (non-hydrogen) atoms. The Morgan fingerprint density at radius 2 is 2.10 bits per heavy atom. The van der Waals surface area contributed by atoms with Gasteiger partial charge in [-0.05, 0) is 40.9 Å². The number of rotatable bonds is 3. The molecule has 2 heterocycles. The van der Waals surface area contributed by atoms with Gasteiger partial charge in [0.15, 0.2) is 0 Å². The Labute approximate surface area is 117 Å². The normalized spacial score (nSPS) is 11.2. The molecule has 7 heteroatoms. The molecule has 0 fully saturated rings. The summed E-state index contributed by atoms with van der Waals surface area (Å²) in [6.45, 7) is 2.25. The average Bonchev–Trinajstić information content (AvgIpc) is 2.80. The van der Waals surface area contributed by atoms with Crippen LogP contribution in [0.25, 0.3) is 0 Å². The zero-order chi connectivity index (χ0) is 14.8. The second-order valence-corrected chi connectivity index (χ2v) is 4.88. The highest BCUT2D eigenvalue weighted by molar-refractivity contribution is 7.08. The van der Waals surface area contributed by atoms with Crippen molar-refractivity contribution < 1.29 is 13.2 Å². The number of hydrogen-bond donors (Lipinski definition) is 1. The molecule has 1 N–H and O–H groups in total. The minimum atomic E-state index is -4.53. The number of aromatic nitrogens is 1. The van der Waals surface area contributed by atoms with Gasteiger partial charge in [0.2, 0.25) is 0 Å². The van der Waals surface area contributed by atoms with Gasteiger partial charge in [0, 0.05) is 6.54 Å². The monoisotopic (exact) mass is 297 g/mol. The van der Waals surface area contributed by atoms with Crippen LogP contribution < -0.4 is 5.32 Å². The van der Waals surface area contributed by atoms with E-state index in [4.69, 9.17) is 5.26 Å². The average molecular weight is 297 g/mol. The third-order valence-corrected chi connectivity index (χ3v) is 3.62. The van der Waals surface area contributed by atoms with E-state index in [0.29, 0.717) is 6.54 Å². The van der Waals surface area contributed by atoms with Crippen LogP contribution in [0.5, 0.6) is 0 Å². The maximum Gasteiger partial charge on any atom is 0.433 e. The molecule has 2 aromatic heterocycles. The first-order chi connectivity index (χ1) is 9.41. The second kappa shape index (κ2) is 5.51.